The average Bonchev–Trinajstić information content (AvgIpc) is 2.82. The summed E-state index contributed by atoms with van der Waals surface area (Å²) in [5, 5.41) is 6.17. The standard InChI is InChI=1S/C27H31N3O2/c1-18-13-14-21(16-19(18)2)26-22-10-4-5-11-23(22)27(32)30(28-26)17-25(31)29-15-7-9-20-8-3-6-12-24(20)29/h4-5,10-11,13-14,16,20,24H,3,6-9,12,15,17H2,1-2H3. The number of benzene rings is 2. The number of hydrogen-bond acceptors (Lipinski definition) is 3. The molecule has 3 aromatic rings. The maximum absolute atomic E-state index is 13.4. The van der Waals surface area contributed by atoms with Crippen LogP contribution in [0.15, 0.2) is 47.3 Å². The molecule has 0 radical (unpaired) electrons. The molecule has 1 aliphatic carbocycles. The van der Waals surface area contributed by atoms with Gasteiger partial charge in [0.25, 0.3) is 5.56 Å². The number of carbonyl (C=O) groups is 1. The average molecular weight is 430 g/mol. The number of amides is 1. The molecule has 1 aliphatic heterocycles. The zero-order valence-electron chi connectivity index (χ0n) is 19.0. The van der Waals surface area contributed by atoms with Crippen LogP contribution in [0.2, 0.25) is 0 Å². The molecule has 1 amide bonds. The van der Waals surface area contributed by atoms with Gasteiger partial charge in [0, 0.05) is 23.5 Å². The summed E-state index contributed by atoms with van der Waals surface area (Å²) in [5.74, 6) is 0.645. The van der Waals surface area contributed by atoms with Crippen molar-refractivity contribution in [3.63, 3.8) is 0 Å². The Labute approximate surface area is 189 Å². The van der Waals surface area contributed by atoms with E-state index in [1.165, 1.54) is 41.5 Å². The minimum atomic E-state index is -0.196. The fourth-order valence-corrected chi connectivity index (χ4v) is 5.60. The first-order chi connectivity index (χ1) is 15.5. The lowest BCUT2D eigenvalue weighted by molar-refractivity contribution is -0.138. The molecule has 0 bridgehead atoms. The van der Waals surface area contributed by atoms with Crippen molar-refractivity contribution in [2.45, 2.75) is 65.0 Å². The number of fused-ring (bicyclic) bond motifs is 2. The molecule has 1 aromatic heterocycles. The van der Waals surface area contributed by atoms with Crippen LogP contribution >= 0.6 is 0 Å². The number of aromatic nitrogens is 2. The highest BCUT2D eigenvalue weighted by Gasteiger charge is 2.35. The lowest BCUT2D eigenvalue weighted by atomic mass is 9.78. The van der Waals surface area contributed by atoms with Gasteiger partial charge in [0.05, 0.1) is 11.1 Å². The fourth-order valence-electron chi connectivity index (χ4n) is 5.60. The number of hydrogen-bond donors (Lipinski definition) is 0. The Hall–Kier alpha value is -2.95. The Balaban J connectivity index is 1.54. The van der Waals surface area contributed by atoms with Crippen molar-refractivity contribution in [3.8, 4) is 11.3 Å². The molecule has 2 unspecified atom stereocenters. The molecule has 5 rings (SSSR count). The molecule has 32 heavy (non-hydrogen) atoms. The highest BCUT2D eigenvalue weighted by atomic mass is 16.2. The van der Waals surface area contributed by atoms with Gasteiger partial charge in [0.1, 0.15) is 6.54 Å². The Morgan fingerprint density at radius 2 is 1.72 bits per heavy atom. The highest BCUT2D eigenvalue weighted by Crippen LogP contribution is 2.35. The Kier molecular flexibility index (Phi) is 5.58. The fraction of sp³-hybridized carbons (Fsp3) is 0.444. The summed E-state index contributed by atoms with van der Waals surface area (Å²) in [6.45, 7) is 4.97. The zero-order chi connectivity index (χ0) is 22.2. The summed E-state index contributed by atoms with van der Waals surface area (Å²) in [4.78, 5) is 28.7. The number of aryl methyl sites for hydroxylation is 2. The summed E-state index contributed by atoms with van der Waals surface area (Å²) in [5.41, 5.74) is 3.92. The van der Waals surface area contributed by atoms with E-state index in [-0.39, 0.29) is 18.0 Å². The molecular formula is C27H31N3O2. The largest absolute Gasteiger partial charge is 0.338 e. The van der Waals surface area contributed by atoms with Crippen LogP contribution in [-0.2, 0) is 11.3 Å². The van der Waals surface area contributed by atoms with E-state index in [2.05, 4.69) is 26.0 Å². The molecule has 1 saturated carbocycles. The van der Waals surface area contributed by atoms with Crippen molar-refractivity contribution in [3.05, 3.63) is 63.9 Å². The summed E-state index contributed by atoms with van der Waals surface area (Å²) in [6, 6.07) is 14.2. The van der Waals surface area contributed by atoms with Gasteiger partial charge in [0.2, 0.25) is 5.91 Å². The van der Waals surface area contributed by atoms with Crippen molar-refractivity contribution in [1.82, 2.24) is 14.7 Å². The van der Waals surface area contributed by atoms with Crippen LogP contribution in [0.1, 0.15) is 49.7 Å². The van der Waals surface area contributed by atoms with E-state index in [9.17, 15) is 9.59 Å². The topological polar surface area (TPSA) is 55.2 Å². The zero-order valence-corrected chi connectivity index (χ0v) is 19.0. The van der Waals surface area contributed by atoms with E-state index in [1.54, 1.807) is 0 Å². The molecule has 2 fully saturated rings. The quantitative estimate of drug-likeness (QED) is 0.597. The Morgan fingerprint density at radius 3 is 2.53 bits per heavy atom. The van der Waals surface area contributed by atoms with Crippen molar-refractivity contribution < 1.29 is 4.79 Å². The van der Waals surface area contributed by atoms with Crippen LogP contribution in [0.5, 0.6) is 0 Å². The van der Waals surface area contributed by atoms with Crippen LogP contribution in [-0.4, -0.2) is 33.2 Å². The minimum Gasteiger partial charge on any atom is -0.338 e. The highest BCUT2D eigenvalue weighted by molar-refractivity contribution is 5.94. The minimum absolute atomic E-state index is 0.00469. The van der Waals surface area contributed by atoms with Gasteiger partial charge < -0.3 is 4.90 Å². The molecule has 5 heteroatoms. The third-order valence-corrected chi connectivity index (χ3v) is 7.50. The van der Waals surface area contributed by atoms with E-state index in [0.717, 1.165) is 36.0 Å². The van der Waals surface area contributed by atoms with Crippen LogP contribution in [0.3, 0.4) is 0 Å². The molecule has 2 heterocycles. The first kappa shape index (κ1) is 20.9. The molecular weight excluding hydrogens is 398 g/mol. The van der Waals surface area contributed by atoms with E-state index in [0.29, 0.717) is 17.3 Å². The molecule has 0 N–H and O–H groups in total. The summed E-state index contributed by atoms with van der Waals surface area (Å²) in [6.07, 6.45) is 7.05. The van der Waals surface area contributed by atoms with Gasteiger partial charge >= 0.3 is 0 Å². The third-order valence-electron chi connectivity index (χ3n) is 7.50. The van der Waals surface area contributed by atoms with E-state index in [1.807, 2.05) is 35.2 Å². The van der Waals surface area contributed by atoms with Crippen molar-refractivity contribution in [2.75, 3.05) is 6.54 Å². The summed E-state index contributed by atoms with van der Waals surface area (Å²) < 4.78 is 1.39. The van der Waals surface area contributed by atoms with E-state index < -0.39 is 0 Å². The molecule has 5 nitrogen and oxygen atoms in total. The van der Waals surface area contributed by atoms with Crippen LogP contribution in [0.4, 0.5) is 0 Å². The van der Waals surface area contributed by atoms with Crippen LogP contribution < -0.4 is 5.56 Å². The van der Waals surface area contributed by atoms with Crippen molar-refractivity contribution >= 4 is 16.7 Å². The van der Waals surface area contributed by atoms with Gasteiger partial charge in [0.15, 0.2) is 0 Å². The number of nitrogens with zero attached hydrogens (tertiary/aromatic N) is 3. The normalized spacial score (nSPS) is 20.9. The number of likely N-dealkylation sites (tertiary alicyclic amines) is 1. The maximum atomic E-state index is 13.4. The monoisotopic (exact) mass is 429 g/mol. The van der Waals surface area contributed by atoms with Gasteiger partial charge in [-0.1, -0.05) is 43.2 Å². The van der Waals surface area contributed by atoms with E-state index >= 15 is 0 Å². The molecule has 2 aromatic carbocycles. The molecule has 0 spiro atoms. The smallest absolute Gasteiger partial charge is 0.275 e. The Morgan fingerprint density at radius 1 is 0.969 bits per heavy atom. The van der Waals surface area contributed by atoms with Gasteiger partial charge in [-0.15, -0.1) is 0 Å². The third kappa shape index (κ3) is 3.74. The number of carbonyl (C=O) groups excluding carboxylic acids is 1. The van der Waals surface area contributed by atoms with Gasteiger partial charge in [-0.3, -0.25) is 9.59 Å². The lowest BCUT2D eigenvalue weighted by Crippen LogP contribution is -2.51. The predicted molar refractivity (Wildman–Crippen MR) is 128 cm³/mol. The number of rotatable bonds is 3. The van der Waals surface area contributed by atoms with Crippen LogP contribution in [0.25, 0.3) is 22.0 Å². The second-order valence-electron chi connectivity index (χ2n) is 9.50. The molecule has 2 aliphatic rings. The molecule has 1 saturated heterocycles. The maximum Gasteiger partial charge on any atom is 0.275 e. The van der Waals surface area contributed by atoms with Gasteiger partial charge in [-0.2, -0.15) is 5.10 Å². The molecule has 2 atom stereocenters. The SMILES string of the molecule is Cc1ccc(-c2nn(CC(=O)N3CCCC4CCCCC43)c(=O)c3ccccc23)cc1C. The predicted octanol–water partition coefficient (Wildman–Crippen LogP) is 4.86. The van der Waals surface area contributed by atoms with Crippen LogP contribution in [0, 0.1) is 19.8 Å². The first-order valence-corrected chi connectivity index (χ1v) is 11.9. The second-order valence-corrected chi connectivity index (χ2v) is 9.50. The van der Waals surface area contributed by atoms with E-state index in [4.69, 9.17) is 5.10 Å². The van der Waals surface area contributed by atoms with Gasteiger partial charge in [-0.25, -0.2) is 4.68 Å². The first-order valence-electron chi connectivity index (χ1n) is 11.9. The van der Waals surface area contributed by atoms with Crippen molar-refractivity contribution in [1.29, 1.82) is 0 Å². The van der Waals surface area contributed by atoms with Gasteiger partial charge in [-0.05, 0) is 68.7 Å². The lowest BCUT2D eigenvalue weighted by Gasteiger charge is -2.44. The molecule has 166 valence electrons. The second kappa shape index (κ2) is 8.53. The van der Waals surface area contributed by atoms with Crippen molar-refractivity contribution in [2.24, 2.45) is 5.92 Å². The summed E-state index contributed by atoms with van der Waals surface area (Å²) >= 11 is 0. The Bertz CT molecular complexity index is 1230. The summed E-state index contributed by atoms with van der Waals surface area (Å²) in [7, 11) is 0. The number of piperidine rings is 1.